The highest BCUT2D eigenvalue weighted by Gasteiger charge is 2.25. The first-order valence-corrected chi connectivity index (χ1v) is 12.8. The highest BCUT2D eigenvalue weighted by Crippen LogP contribution is 2.33. The van der Waals surface area contributed by atoms with Gasteiger partial charge in [-0.05, 0) is 90.4 Å². The summed E-state index contributed by atoms with van der Waals surface area (Å²) in [5.74, 6) is -0.971. The highest BCUT2D eigenvalue weighted by atomic mass is 16.4. The van der Waals surface area contributed by atoms with E-state index in [1.54, 1.807) is 0 Å². The third-order valence-electron chi connectivity index (χ3n) is 7.90. The zero-order chi connectivity index (χ0) is 25.4. The van der Waals surface area contributed by atoms with E-state index in [2.05, 4.69) is 55.3 Å². The van der Waals surface area contributed by atoms with Gasteiger partial charge in [0.15, 0.2) is 0 Å². The van der Waals surface area contributed by atoms with E-state index in [9.17, 15) is 14.7 Å². The predicted octanol–water partition coefficient (Wildman–Crippen LogP) is 5.10. The molecule has 1 N–H and O–H groups in total. The number of nitrogens with zero attached hydrogens (tertiary/aromatic N) is 2. The lowest BCUT2D eigenvalue weighted by atomic mass is 9.84. The maximum Gasteiger partial charge on any atom is 0.304 e. The van der Waals surface area contributed by atoms with E-state index in [4.69, 9.17) is 0 Å². The second kappa shape index (κ2) is 9.90. The molecule has 186 valence electrons. The fraction of sp³-hybridized carbons (Fsp3) is 0.355. The number of hydrogen-bond acceptors (Lipinski definition) is 3. The van der Waals surface area contributed by atoms with E-state index in [1.807, 2.05) is 30.0 Å². The Kier molecular flexibility index (Phi) is 6.67. The number of carboxylic acids is 1. The van der Waals surface area contributed by atoms with Crippen molar-refractivity contribution < 1.29 is 14.7 Å². The van der Waals surface area contributed by atoms with Crippen molar-refractivity contribution >= 4 is 11.9 Å². The predicted molar refractivity (Wildman–Crippen MR) is 141 cm³/mol. The number of fused-ring (bicyclic) bond motifs is 2. The summed E-state index contributed by atoms with van der Waals surface area (Å²) in [6, 6.07) is 18.7. The molecule has 0 fully saturated rings. The fourth-order valence-corrected chi connectivity index (χ4v) is 5.56. The lowest BCUT2D eigenvalue weighted by Crippen LogP contribution is -2.36. The Bertz CT molecular complexity index is 1330. The molecule has 2 heterocycles. The Morgan fingerprint density at radius 2 is 1.50 bits per heavy atom. The summed E-state index contributed by atoms with van der Waals surface area (Å²) >= 11 is 0. The first-order valence-electron chi connectivity index (χ1n) is 12.8. The second-order valence-electron chi connectivity index (χ2n) is 10.5. The molecule has 3 aromatic rings. The minimum atomic E-state index is -0.804. The standard InChI is InChI=1S/C31H34N2O3/c1-20-4-5-26(14-21(20)2)31(36)33-13-11-22-6-7-25(16-28(22)19-33)29(17-30(34)35)24-8-9-27-18-32(3)12-10-23(27)15-24/h4-9,14-16,29H,10-13,17-19H2,1-3H3,(H,34,35). The number of carbonyl (C=O) groups is 2. The number of aliphatic carboxylic acids is 1. The summed E-state index contributed by atoms with van der Waals surface area (Å²) in [4.78, 5) is 29.4. The topological polar surface area (TPSA) is 60.9 Å². The molecule has 0 aliphatic carbocycles. The molecule has 0 radical (unpaired) electrons. The molecule has 1 atom stereocenters. The lowest BCUT2D eigenvalue weighted by Gasteiger charge is -2.30. The first-order chi connectivity index (χ1) is 17.3. The number of likely N-dealkylation sites (N-methyl/N-ethyl adjacent to an activating group) is 1. The van der Waals surface area contributed by atoms with Crippen LogP contribution in [-0.2, 0) is 30.7 Å². The molecular formula is C31H34N2O3. The molecule has 2 aliphatic rings. The minimum absolute atomic E-state index is 0.0444. The zero-order valence-corrected chi connectivity index (χ0v) is 21.4. The summed E-state index contributed by atoms with van der Waals surface area (Å²) < 4.78 is 0. The average molecular weight is 483 g/mol. The number of amides is 1. The van der Waals surface area contributed by atoms with E-state index in [0.29, 0.717) is 13.1 Å². The van der Waals surface area contributed by atoms with Crippen molar-refractivity contribution in [2.45, 2.75) is 52.1 Å². The summed E-state index contributed by atoms with van der Waals surface area (Å²) in [5.41, 5.74) is 10.1. The molecule has 0 spiro atoms. The number of hydrogen-bond donors (Lipinski definition) is 1. The molecular weight excluding hydrogens is 448 g/mol. The van der Waals surface area contributed by atoms with Crippen molar-refractivity contribution in [1.82, 2.24) is 9.80 Å². The molecule has 1 unspecified atom stereocenters. The van der Waals surface area contributed by atoms with Gasteiger partial charge in [0.05, 0.1) is 6.42 Å². The van der Waals surface area contributed by atoms with Gasteiger partial charge in [-0.25, -0.2) is 0 Å². The van der Waals surface area contributed by atoms with Crippen molar-refractivity contribution in [3.8, 4) is 0 Å². The molecule has 36 heavy (non-hydrogen) atoms. The minimum Gasteiger partial charge on any atom is -0.481 e. The molecule has 0 aromatic heterocycles. The van der Waals surface area contributed by atoms with Gasteiger partial charge in [0.1, 0.15) is 0 Å². The van der Waals surface area contributed by atoms with Crippen LogP contribution in [0.25, 0.3) is 0 Å². The Balaban J connectivity index is 1.43. The van der Waals surface area contributed by atoms with Crippen LogP contribution < -0.4 is 0 Å². The largest absolute Gasteiger partial charge is 0.481 e. The molecule has 5 nitrogen and oxygen atoms in total. The monoisotopic (exact) mass is 482 g/mol. The van der Waals surface area contributed by atoms with E-state index >= 15 is 0 Å². The third kappa shape index (κ3) is 4.93. The van der Waals surface area contributed by atoms with Crippen LogP contribution in [0.3, 0.4) is 0 Å². The molecule has 5 heteroatoms. The number of benzene rings is 3. The fourth-order valence-electron chi connectivity index (χ4n) is 5.56. The van der Waals surface area contributed by atoms with Crippen molar-refractivity contribution in [2.24, 2.45) is 0 Å². The van der Waals surface area contributed by atoms with Gasteiger partial charge in [-0.1, -0.05) is 42.5 Å². The van der Waals surface area contributed by atoms with Gasteiger partial charge in [0.25, 0.3) is 5.91 Å². The molecule has 0 saturated carbocycles. The van der Waals surface area contributed by atoms with Crippen LogP contribution in [0.15, 0.2) is 54.6 Å². The van der Waals surface area contributed by atoms with E-state index in [-0.39, 0.29) is 18.2 Å². The van der Waals surface area contributed by atoms with Gasteiger partial charge in [-0.3, -0.25) is 9.59 Å². The van der Waals surface area contributed by atoms with Crippen LogP contribution in [-0.4, -0.2) is 46.9 Å². The Morgan fingerprint density at radius 3 is 2.22 bits per heavy atom. The van der Waals surface area contributed by atoms with Gasteiger partial charge < -0.3 is 14.9 Å². The van der Waals surface area contributed by atoms with Crippen LogP contribution in [0.4, 0.5) is 0 Å². The van der Waals surface area contributed by atoms with Crippen molar-refractivity contribution in [3.63, 3.8) is 0 Å². The Hall–Kier alpha value is -3.44. The summed E-state index contributed by atoms with van der Waals surface area (Å²) in [6.45, 7) is 7.27. The van der Waals surface area contributed by atoms with Crippen molar-refractivity contribution in [2.75, 3.05) is 20.1 Å². The SMILES string of the molecule is Cc1ccc(C(=O)N2CCc3ccc(C(CC(=O)O)c4ccc5c(c4)CCN(C)C5)cc3C2)cc1C. The average Bonchev–Trinajstić information content (AvgIpc) is 2.87. The summed E-state index contributed by atoms with van der Waals surface area (Å²) in [5, 5.41) is 9.74. The van der Waals surface area contributed by atoms with Crippen LogP contribution in [0.2, 0.25) is 0 Å². The second-order valence-corrected chi connectivity index (χ2v) is 10.5. The van der Waals surface area contributed by atoms with Gasteiger partial charge in [-0.15, -0.1) is 0 Å². The summed E-state index contributed by atoms with van der Waals surface area (Å²) in [6.07, 6.45) is 1.84. The lowest BCUT2D eigenvalue weighted by molar-refractivity contribution is -0.137. The summed E-state index contributed by atoms with van der Waals surface area (Å²) in [7, 11) is 2.13. The van der Waals surface area contributed by atoms with Gasteiger partial charge in [0.2, 0.25) is 0 Å². The Morgan fingerprint density at radius 1 is 0.806 bits per heavy atom. The number of carboxylic acid groups (broad SMARTS) is 1. The zero-order valence-electron chi connectivity index (χ0n) is 21.4. The Labute approximate surface area is 213 Å². The van der Waals surface area contributed by atoms with Gasteiger partial charge >= 0.3 is 5.97 Å². The number of carbonyl (C=O) groups excluding carboxylic acids is 1. The molecule has 5 rings (SSSR count). The normalized spacial score (nSPS) is 16.2. The third-order valence-corrected chi connectivity index (χ3v) is 7.90. The van der Waals surface area contributed by atoms with Gasteiger partial charge in [-0.2, -0.15) is 0 Å². The first kappa shape index (κ1) is 24.3. The number of rotatable bonds is 5. The smallest absolute Gasteiger partial charge is 0.304 e. The van der Waals surface area contributed by atoms with Crippen LogP contribution in [0.1, 0.15) is 67.2 Å². The van der Waals surface area contributed by atoms with E-state index in [0.717, 1.165) is 53.7 Å². The quantitative estimate of drug-likeness (QED) is 0.550. The van der Waals surface area contributed by atoms with Crippen LogP contribution in [0, 0.1) is 13.8 Å². The number of aryl methyl sites for hydroxylation is 2. The molecule has 2 aliphatic heterocycles. The van der Waals surface area contributed by atoms with Crippen LogP contribution in [0.5, 0.6) is 0 Å². The molecule has 1 amide bonds. The molecule has 3 aromatic carbocycles. The van der Waals surface area contributed by atoms with Crippen molar-refractivity contribution in [1.29, 1.82) is 0 Å². The van der Waals surface area contributed by atoms with Crippen LogP contribution >= 0.6 is 0 Å². The van der Waals surface area contributed by atoms with Gasteiger partial charge in [0, 0.05) is 37.7 Å². The molecule has 0 bridgehead atoms. The highest BCUT2D eigenvalue weighted by molar-refractivity contribution is 5.94. The molecule has 0 saturated heterocycles. The van der Waals surface area contributed by atoms with E-state index < -0.39 is 5.97 Å². The maximum atomic E-state index is 13.3. The van der Waals surface area contributed by atoms with E-state index in [1.165, 1.54) is 22.3 Å². The maximum absolute atomic E-state index is 13.3. The van der Waals surface area contributed by atoms with Crippen molar-refractivity contribution in [3.05, 3.63) is 105 Å².